The molecule has 2 N–H and O–H groups in total. The number of hydrogen-bond acceptors (Lipinski definition) is 5. The lowest BCUT2D eigenvalue weighted by atomic mass is 10.0. The summed E-state index contributed by atoms with van der Waals surface area (Å²) in [5, 5.41) is 5.43. The minimum Gasteiger partial charge on any atom is -0.496 e. The van der Waals surface area contributed by atoms with Gasteiger partial charge in [-0.3, -0.25) is 9.59 Å². The normalized spacial score (nSPS) is 19.0. The van der Waals surface area contributed by atoms with E-state index in [1.165, 1.54) is 19.2 Å². The lowest BCUT2D eigenvalue weighted by Crippen LogP contribution is -2.47. The summed E-state index contributed by atoms with van der Waals surface area (Å²) in [7, 11) is -2.11. The number of benzene rings is 2. The third-order valence-electron chi connectivity index (χ3n) is 5.82. The number of methoxy groups -OCH3 is 1. The van der Waals surface area contributed by atoms with Crippen LogP contribution in [-0.4, -0.2) is 50.3 Å². The first-order valence-electron chi connectivity index (χ1n) is 11.1. The van der Waals surface area contributed by atoms with Gasteiger partial charge in [0.05, 0.1) is 17.6 Å². The van der Waals surface area contributed by atoms with Crippen molar-refractivity contribution in [3.05, 3.63) is 54.1 Å². The van der Waals surface area contributed by atoms with Crippen molar-refractivity contribution < 1.29 is 22.7 Å². The molecule has 1 saturated heterocycles. The maximum atomic E-state index is 13.1. The predicted molar refractivity (Wildman–Crippen MR) is 127 cm³/mol. The van der Waals surface area contributed by atoms with Gasteiger partial charge < -0.3 is 15.4 Å². The Morgan fingerprint density at radius 3 is 2.30 bits per heavy atom. The minimum absolute atomic E-state index is 0.0378. The van der Waals surface area contributed by atoms with Crippen LogP contribution >= 0.6 is 0 Å². The van der Waals surface area contributed by atoms with Gasteiger partial charge in [-0.05, 0) is 63.1 Å². The van der Waals surface area contributed by atoms with E-state index in [4.69, 9.17) is 4.74 Å². The molecule has 2 unspecified atom stereocenters. The molecule has 0 aromatic heterocycles. The number of hydrogen-bond donors (Lipinski definition) is 2. The van der Waals surface area contributed by atoms with Crippen LogP contribution in [0.15, 0.2) is 53.4 Å². The van der Waals surface area contributed by atoms with Gasteiger partial charge >= 0.3 is 0 Å². The van der Waals surface area contributed by atoms with Gasteiger partial charge in [0.1, 0.15) is 5.75 Å². The molecule has 0 spiro atoms. The molecule has 1 aliphatic heterocycles. The Bertz CT molecular complexity index is 1080. The van der Waals surface area contributed by atoms with Crippen LogP contribution in [0, 0.1) is 0 Å². The standard InChI is InChI=1S/C24H31N3O5S/c1-17-7-6-8-18(2)27(17)33(30,31)20-13-11-19(12-14-20)26-23(28)15-16-25-24(29)21-9-4-5-10-22(21)32-3/h4-5,9-14,17-18H,6-8,15-16H2,1-3H3,(H,25,29)(H,26,28). The molecule has 2 aromatic rings. The van der Waals surface area contributed by atoms with E-state index < -0.39 is 10.0 Å². The lowest BCUT2D eigenvalue weighted by Gasteiger charge is -2.37. The second kappa shape index (κ2) is 10.8. The maximum Gasteiger partial charge on any atom is 0.255 e. The van der Waals surface area contributed by atoms with E-state index in [1.54, 1.807) is 40.7 Å². The van der Waals surface area contributed by atoms with E-state index in [-0.39, 0.29) is 41.8 Å². The highest BCUT2D eigenvalue weighted by molar-refractivity contribution is 7.89. The molecule has 0 saturated carbocycles. The van der Waals surface area contributed by atoms with Crippen molar-refractivity contribution in [1.82, 2.24) is 9.62 Å². The van der Waals surface area contributed by atoms with Gasteiger partial charge in [0.15, 0.2) is 0 Å². The van der Waals surface area contributed by atoms with Crippen molar-refractivity contribution in [3.8, 4) is 5.75 Å². The molecule has 0 aliphatic carbocycles. The number of sulfonamides is 1. The average molecular weight is 474 g/mol. The first-order chi connectivity index (χ1) is 15.7. The van der Waals surface area contributed by atoms with E-state index in [0.717, 1.165) is 19.3 Å². The van der Waals surface area contributed by atoms with Gasteiger partial charge in [-0.15, -0.1) is 0 Å². The summed E-state index contributed by atoms with van der Waals surface area (Å²) in [4.78, 5) is 24.8. The van der Waals surface area contributed by atoms with Gasteiger partial charge in [-0.25, -0.2) is 8.42 Å². The molecule has 3 rings (SSSR count). The Kier molecular flexibility index (Phi) is 8.10. The average Bonchev–Trinajstić information content (AvgIpc) is 2.79. The van der Waals surface area contributed by atoms with E-state index in [2.05, 4.69) is 10.6 Å². The highest BCUT2D eigenvalue weighted by Crippen LogP contribution is 2.30. The lowest BCUT2D eigenvalue weighted by molar-refractivity contribution is -0.116. The number of piperidine rings is 1. The fourth-order valence-corrected chi connectivity index (χ4v) is 6.03. The Labute approximate surface area is 195 Å². The molecule has 33 heavy (non-hydrogen) atoms. The zero-order chi connectivity index (χ0) is 24.0. The van der Waals surface area contributed by atoms with Crippen LogP contribution < -0.4 is 15.4 Å². The number of nitrogens with zero attached hydrogens (tertiary/aromatic N) is 1. The van der Waals surface area contributed by atoms with Crippen molar-refractivity contribution in [1.29, 1.82) is 0 Å². The van der Waals surface area contributed by atoms with E-state index in [9.17, 15) is 18.0 Å². The predicted octanol–water partition coefficient (Wildman–Crippen LogP) is 3.41. The Hall–Kier alpha value is -2.91. The maximum absolute atomic E-state index is 13.1. The second-order valence-electron chi connectivity index (χ2n) is 8.24. The Morgan fingerprint density at radius 1 is 1.03 bits per heavy atom. The molecular formula is C24H31N3O5S. The zero-order valence-corrected chi connectivity index (χ0v) is 20.0. The SMILES string of the molecule is COc1ccccc1C(=O)NCCC(=O)Nc1ccc(S(=O)(=O)N2C(C)CCCC2C)cc1. The summed E-state index contributed by atoms with van der Waals surface area (Å²) >= 11 is 0. The van der Waals surface area contributed by atoms with Gasteiger partial charge in [0, 0.05) is 30.7 Å². The number of amides is 2. The van der Waals surface area contributed by atoms with E-state index >= 15 is 0 Å². The topological polar surface area (TPSA) is 105 Å². The number of carbonyl (C=O) groups is 2. The minimum atomic E-state index is -3.60. The van der Waals surface area contributed by atoms with Crippen LogP contribution in [0.25, 0.3) is 0 Å². The summed E-state index contributed by atoms with van der Waals surface area (Å²) in [6.07, 6.45) is 2.80. The summed E-state index contributed by atoms with van der Waals surface area (Å²) < 4.78 is 33.0. The Balaban J connectivity index is 1.54. The molecule has 0 radical (unpaired) electrons. The number of rotatable bonds is 8. The van der Waals surface area contributed by atoms with Crippen LogP contribution in [-0.2, 0) is 14.8 Å². The first kappa shape index (κ1) is 24.7. The summed E-state index contributed by atoms with van der Waals surface area (Å²) in [5.41, 5.74) is 0.893. The molecule has 1 heterocycles. The quantitative estimate of drug-likeness (QED) is 0.611. The van der Waals surface area contributed by atoms with Crippen molar-refractivity contribution >= 4 is 27.5 Å². The number of ether oxygens (including phenoxy) is 1. The third-order valence-corrected chi connectivity index (χ3v) is 7.96. The molecule has 8 nitrogen and oxygen atoms in total. The van der Waals surface area contributed by atoms with Crippen LogP contribution in [0.4, 0.5) is 5.69 Å². The van der Waals surface area contributed by atoms with Gasteiger partial charge in [-0.2, -0.15) is 4.31 Å². The Morgan fingerprint density at radius 2 is 1.67 bits per heavy atom. The van der Waals surface area contributed by atoms with Crippen LogP contribution in [0.1, 0.15) is 49.9 Å². The third kappa shape index (κ3) is 5.91. The van der Waals surface area contributed by atoms with Crippen molar-refractivity contribution in [2.24, 2.45) is 0 Å². The van der Waals surface area contributed by atoms with Crippen LogP contribution in [0.3, 0.4) is 0 Å². The fourth-order valence-electron chi connectivity index (χ4n) is 4.14. The highest BCUT2D eigenvalue weighted by Gasteiger charge is 2.35. The molecule has 1 fully saturated rings. The second-order valence-corrected chi connectivity index (χ2v) is 10.1. The molecule has 178 valence electrons. The monoisotopic (exact) mass is 473 g/mol. The van der Waals surface area contributed by atoms with Gasteiger partial charge in [-0.1, -0.05) is 18.6 Å². The number of anilines is 1. The largest absolute Gasteiger partial charge is 0.496 e. The first-order valence-corrected chi connectivity index (χ1v) is 12.5. The number of carbonyl (C=O) groups excluding carboxylic acids is 2. The molecule has 9 heteroatoms. The molecule has 1 aliphatic rings. The number of para-hydroxylation sites is 1. The molecule has 2 aromatic carbocycles. The summed E-state index contributed by atoms with van der Waals surface area (Å²) in [6, 6.07) is 13.0. The number of nitrogens with one attached hydrogen (secondary N) is 2. The summed E-state index contributed by atoms with van der Waals surface area (Å²) in [6.45, 7) is 4.03. The van der Waals surface area contributed by atoms with E-state index in [1.807, 2.05) is 13.8 Å². The van der Waals surface area contributed by atoms with Gasteiger partial charge in [0.25, 0.3) is 5.91 Å². The molecule has 0 bridgehead atoms. The fraction of sp³-hybridized carbons (Fsp3) is 0.417. The van der Waals surface area contributed by atoms with Gasteiger partial charge in [0.2, 0.25) is 15.9 Å². The molecule has 2 amide bonds. The van der Waals surface area contributed by atoms with Crippen LogP contribution in [0.5, 0.6) is 5.75 Å². The molecular weight excluding hydrogens is 442 g/mol. The zero-order valence-electron chi connectivity index (χ0n) is 19.2. The van der Waals surface area contributed by atoms with Crippen molar-refractivity contribution in [2.45, 2.75) is 56.5 Å². The van der Waals surface area contributed by atoms with Crippen molar-refractivity contribution in [3.63, 3.8) is 0 Å². The smallest absolute Gasteiger partial charge is 0.255 e. The van der Waals surface area contributed by atoms with Crippen LogP contribution in [0.2, 0.25) is 0 Å². The molecule has 2 atom stereocenters. The van der Waals surface area contributed by atoms with Crippen molar-refractivity contribution in [2.75, 3.05) is 19.0 Å². The highest BCUT2D eigenvalue weighted by atomic mass is 32.2. The van der Waals surface area contributed by atoms with E-state index in [0.29, 0.717) is 17.0 Å². The summed E-state index contributed by atoms with van der Waals surface area (Å²) in [5.74, 6) is -0.150.